The minimum atomic E-state index is -3.81. The highest BCUT2D eigenvalue weighted by Gasteiger charge is 2.13. The van der Waals surface area contributed by atoms with E-state index in [-0.39, 0.29) is 17.0 Å². The third-order valence-corrected chi connectivity index (χ3v) is 3.65. The molecule has 0 spiro atoms. The SMILES string of the molecule is CC(NCc1ccc(S(N)(=O)=O)o1)c1ccc(F)cc1. The molecule has 0 amide bonds. The summed E-state index contributed by atoms with van der Waals surface area (Å²) in [4.78, 5) is 0. The van der Waals surface area contributed by atoms with E-state index < -0.39 is 10.0 Å². The minimum Gasteiger partial charge on any atom is -0.447 e. The Balaban J connectivity index is 1.98. The molecule has 0 bridgehead atoms. The van der Waals surface area contributed by atoms with Gasteiger partial charge in [-0.3, -0.25) is 0 Å². The number of nitrogens with one attached hydrogen (secondary N) is 1. The molecule has 0 aliphatic heterocycles. The summed E-state index contributed by atoms with van der Waals surface area (Å²) >= 11 is 0. The van der Waals surface area contributed by atoms with Crippen LogP contribution in [0, 0.1) is 5.82 Å². The number of halogens is 1. The van der Waals surface area contributed by atoms with Gasteiger partial charge in [-0.1, -0.05) is 12.1 Å². The fourth-order valence-electron chi connectivity index (χ4n) is 1.73. The van der Waals surface area contributed by atoms with Gasteiger partial charge in [0, 0.05) is 6.04 Å². The van der Waals surface area contributed by atoms with E-state index >= 15 is 0 Å². The first-order valence-corrected chi connectivity index (χ1v) is 7.51. The van der Waals surface area contributed by atoms with Gasteiger partial charge in [0.1, 0.15) is 11.6 Å². The number of rotatable bonds is 5. The molecule has 0 aliphatic carbocycles. The second kappa shape index (κ2) is 5.74. The average Bonchev–Trinajstić information content (AvgIpc) is 2.85. The first kappa shape index (κ1) is 14.7. The van der Waals surface area contributed by atoms with Crippen molar-refractivity contribution < 1.29 is 17.2 Å². The highest BCUT2D eigenvalue weighted by atomic mass is 32.2. The molecule has 7 heteroatoms. The first-order chi connectivity index (χ1) is 9.36. The van der Waals surface area contributed by atoms with Crippen LogP contribution in [0.4, 0.5) is 4.39 Å². The number of furan rings is 1. The van der Waals surface area contributed by atoms with Crippen molar-refractivity contribution >= 4 is 10.0 Å². The lowest BCUT2D eigenvalue weighted by atomic mass is 10.1. The number of hydrogen-bond acceptors (Lipinski definition) is 4. The predicted octanol–water partition coefficient (Wildman–Crippen LogP) is 1.92. The van der Waals surface area contributed by atoms with Gasteiger partial charge in [-0.25, -0.2) is 17.9 Å². The summed E-state index contributed by atoms with van der Waals surface area (Å²) in [5, 5.41) is 7.84. The lowest BCUT2D eigenvalue weighted by Gasteiger charge is -2.13. The van der Waals surface area contributed by atoms with E-state index in [9.17, 15) is 12.8 Å². The van der Waals surface area contributed by atoms with Crippen LogP contribution in [0.3, 0.4) is 0 Å². The Hall–Kier alpha value is -1.70. The molecule has 2 rings (SSSR count). The van der Waals surface area contributed by atoms with Gasteiger partial charge in [-0.2, -0.15) is 0 Å². The summed E-state index contributed by atoms with van der Waals surface area (Å²) in [6, 6.07) is 8.98. The Labute approximate surface area is 116 Å². The van der Waals surface area contributed by atoms with Gasteiger partial charge in [0.25, 0.3) is 10.0 Å². The summed E-state index contributed by atoms with van der Waals surface area (Å²) in [6.45, 7) is 2.25. The van der Waals surface area contributed by atoms with E-state index in [0.29, 0.717) is 12.3 Å². The van der Waals surface area contributed by atoms with E-state index in [0.717, 1.165) is 5.56 Å². The summed E-state index contributed by atoms with van der Waals surface area (Å²) in [5.41, 5.74) is 0.921. The molecule has 1 aromatic carbocycles. The molecule has 1 heterocycles. The van der Waals surface area contributed by atoms with Crippen molar-refractivity contribution in [3.8, 4) is 0 Å². The summed E-state index contributed by atoms with van der Waals surface area (Å²) in [6.07, 6.45) is 0. The van der Waals surface area contributed by atoms with E-state index in [4.69, 9.17) is 9.56 Å². The predicted molar refractivity (Wildman–Crippen MR) is 71.7 cm³/mol. The summed E-state index contributed by atoms with van der Waals surface area (Å²) < 4.78 is 40.1. The third kappa shape index (κ3) is 3.66. The molecular formula is C13H15FN2O3S. The van der Waals surface area contributed by atoms with Crippen molar-refractivity contribution in [1.29, 1.82) is 0 Å². The molecule has 0 saturated carbocycles. The third-order valence-electron chi connectivity index (χ3n) is 2.87. The monoisotopic (exact) mass is 298 g/mol. The standard InChI is InChI=1S/C13H15FN2O3S/c1-9(10-2-4-11(14)5-3-10)16-8-12-6-7-13(19-12)20(15,17)18/h2-7,9,16H,8H2,1H3,(H2,15,17,18). The number of benzene rings is 1. The molecule has 2 aromatic rings. The fraction of sp³-hybridized carbons (Fsp3) is 0.231. The van der Waals surface area contributed by atoms with Crippen molar-refractivity contribution in [3.63, 3.8) is 0 Å². The molecule has 0 radical (unpaired) electrons. The highest BCUT2D eigenvalue weighted by Crippen LogP contribution is 2.16. The normalized spacial score (nSPS) is 13.3. The number of hydrogen-bond donors (Lipinski definition) is 2. The molecule has 0 aliphatic rings. The molecule has 1 unspecified atom stereocenters. The van der Waals surface area contributed by atoms with Crippen molar-refractivity contribution in [1.82, 2.24) is 5.32 Å². The Morgan fingerprint density at radius 2 is 1.90 bits per heavy atom. The second-order valence-electron chi connectivity index (χ2n) is 4.42. The van der Waals surface area contributed by atoms with Gasteiger partial charge in [0.2, 0.25) is 5.09 Å². The van der Waals surface area contributed by atoms with Crippen LogP contribution in [-0.4, -0.2) is 8.42 Å². The maximum Gasteiger partial charge on any atom is 0.271 e. The topological polar surface area (TPSA) is 85.3 Å². The van der Waals surface area contributed by atoms with Crippen LogP contribution in [0.15, 0.2) is 45.9 Å². The number of nitrogens with two attached hydrogens (primary N) is 1. The first-order valence-electron chi connectivity index (χ1n) is 5.96. The molecule has 0 saturated heterocycles. The zero-order chi connectivity index (χ0) is 14.8. The molecular weight excluding hydrogens is 283 g/mol. The minimum absolute atomic E-state index is 0.0290. The largest absolute Gasteiger partial charge is 0.447 e. The second-order valence-corrected chi connectivity index (χ2v) is 5.91. The Morgan fingerprint density at radius 3 is 2.45 bits per heavy atom. The molecule has 20 heavy (non-hydrogen) atoms. The van der Waals surface area contributed by atoms with Gasteiger partial charge in [0.15, 0.2) is 0 Å². The van der Waals surface area contributed by atoms with Crippen molar-refractivity contribution in [2.24, 2.45) is 5.14 Å². The van der Waals surface area contributed by atoms with E-state index in [1.807, 2.05) is 6.92 Å². The quantitative estimate of drug-likeness (QED) is 0.883. The van der Waals surface area contributed by atoms with Crippen molar-refractivity contribution in [3.05, 3.63) is 53.5 Å². The van der Waals surface area contributed by atoms with Crippen LogP contribution in [0.5, 0.6) is 0 Å². The van der Waals surface area contributed by atoms with Crippen LogP contribution in [0.1, 0.15) is 24.3 Å². The average molecular weight is 298 g/mol. The van der Waals surface area contributed by atoms with Gasteiger partial charge in [-0.15, -0.1) is 0 Å². The maximum atomic E-state index is 12.8. The molecule has 1 aromatic heterocycles. The zero-order valence-electron chi connectivity index (χ0n) is 10.8. The van der Waals surface area contributed by atoms with E-state index in [1.54, 1.807) is 18.2 Å². The van der Waals surface area contributed by atoms with Crippen LogP contribution < -0.4 is 10.5 Å². The van der Waals surface area contributed by atoms with Crippen molar-refractivity contribution in [2.75, 3.05) is 0 Å². The molecule has 1 atom stereocenters. The Morgan fingerprint density at radius 1 is 1.25 bits per heavy atom. The van der Waals surface area contributed by atoms with E-state index in [2.05, 4.69) is 5.32 Å². The van der Waals surface area contributed by atoms with Crippen LogP contribution in [0.2, 0.25) is 0 Å². The van der Waals surface area contributed by atoms with Crippen LogP contribution >= 0.6 is 0 Å². The number of sulfonamides is 1. The van der Waals surface area contributed by atoms with Gasteiger partial charge in [0.05, 0.1) is 6.54 Å². The van der Waals surface area contributed by atoms with Crippen molar-refractivity contribution in [2.45, 2.75) is 24.6 Å². The maximum absolute atomic E-state index is 12.8. The molecule has 5 nitrogen and oxygen atoms in total. The lowest BCUT2D eigenvalue weighted by molar-refractivity contribution is 0.393. The van der Waals surface area contributed by atoms with Crippen LogP contribution in [-0.2, 0) is 16.6 Å². The van der Waals surface area contributed by atoms with Crippen LogP contribution in [0.25, 0.3) is 0 Å². The highest BCUT2D eigenvalue weighted by molar-refractivity contribution is 7.89. The summed E-state index contributed by atoms with van der Waals surface area (Å²) in [5.74, 6) is 0.174. The van der Waals surface area contributed by atoms with Gasteiger partial charge < -0.3 is 9.73 Å². The van der Waals surface area contributed by atoms with Gasteiger partial charge >= 0.3 is 0 Å². The van der Waals surface area contributed by atoms with Gasteiger partial charge in [-0.05, 0) is 36.8 Å². The molecule has 0 fully saturated rings. The Kier molecular flexibility index (Phi) is 4.22. The molecule has 3 N–H and O–H groups in total. The smallest absolute Gasteiger partial charge is 0.271 e. The lowest BCUT2D eigenvalue weighted by Crippen LogP contribution is -2.17. The summed E-state index contributed by atoms with van der Waals surface area (Å²) in [7, 11) is -3.81. The zero-order valence-corrected chi connectivity index (χ0v) is 11.7. The molecule has 108 valence electrons. The fourth-order valence-corrected chi connectivity index (χ4v) is 2.21. The number of primary sulfonamides is 1. The van der Waals surface area contributed by atoms with E-state index in [1.165, 1.54) is 18.2 Å². The Bertz CT molecular complexity index is 680.